The molecule has 0 saturated carbocycles. The molecule has 0 aliphatic rings. The SMILES string of the molecule is Cn1cccc1C(=O)Cn1ccc2ccc(Br)cc21. The second-order valence-electron chi connectivity index (χ2n) is 4.57. The van der Waals surface area contributed by atoms with Crippen molar-refractivity contribution in [1.29, 1.82) is 0 Å². The van der Waals surface area contributed by atoms with Crippen LogP contribution in [0.15, 0.2) is 53.3 Å². The van der Waals surface area contributed by atoms with E-state index in [2.05, 4.69) is 15.9 Å². The highest BCUT2D eigenvalue weighted by Gasteiger charge is 2.11. The largest absolute Gasteiger partial charge is 0.348 e. The third-order valence-electron chi connectivity index (χ3n) is 3.28. The number of nitrogens with zero attached hydrogens (tertiary/aromatic N) is 2. The fourth-order valence-corrected chi connectivity index (χ4v) is 2.63. The van der Waals surface area contributed by atoms with Crippen LogP contribution < -0.4 is 0 Å². The van der Waals surface area contributed by atoms with Crippen molar-refractivity contribution >= 4 is 32.6 Å². The molecular weight excluding hydrogens is 304 g/mol. The number of hydrogen-bond acceptors (Lipinski definition) is 1. The lowest BCUT2D eigenvalue weighted by atomic mass is 10.2. The van der Waals surface area contributed by atoms with Crippen LogP contribution in [0.3, 0.4) is 0 Å². The third-order valence-corrected chi connectivity index (χ3v) is 3.77. The molecule has 0 spiro atoms. The van der Waals surface area contributed by atoms with E-state index in [1.54, 1.807) is 0 Å². The van der Waals surface area contributed by atoms with Gasteiger partial charge in [0.2, 0.25) is 0 Å². The van der Waals surface area contributed by atoms with E-state index in [4.69, 9.17) is 0 Å². The van der Waals surface area contributed by atoms with Crippen molar-refractivity contribution < 1.29 is 4.79 Å². The van der Waals surface area contributed by atoms with Gasteiger partial charge in [-0.1, -0.05) is 22.0 Å². The van der Waals surface area contributed by atoms with Gasteiger partial charge in [0.05, 0.1) is 12.2 Å². The van der Waals surface area contributed by atoms with Crippen LogP contribution in [0.1, 0.15) is 10.5 Å². The molecule has 3 rings (SSSR count). The molecule has 1 aromatic carbocycles. The second kappa shape index (κ2) is 4.70. The zero-order valence-corrected chi connectivity index (χ0v) is 12.1. The summed E-state index contributed by atoms with van der Waals surface area (Å²) >= 11 is 3.47. The molecule has 19 heavy (non-hydrogen) atoms. The van der Waals surface area contributed by atoms with Crippen LogP contribution in [0.2, 0.25) is 0 Å². The summed E-state index contributed by atoms with van der Waals surface area (Å²) < 4.78 is 4.85. The van der Waals surface area contributed by atoms with Gasteiger partial charge in [0, 0.05) is 29.4 Å². The van der Waals surface area contributed by atoms with Crippen molar-refractivity contribution in [2.24, 2.45) is 7.05 Å². The maximum absolute atomic E-state index is 12.3. The molecule has 2 heterocycles. The Bertz CT molecular complexity index is 754. The molecule has 0 aliphatic heterocycles. The zero-order valence-electron chi connectivity index (χ0n) is 10.5. The van der Waals surface area contributed by atoms with E-state index in [9.17, 15) is 4.79 Å². The predicted octanol–water partition coefficient (Wildman–Crippen LogP) is 3.63. The molecule has 0 radical (unpaired) electrons. The van der Waals surface area contributed by atoms with Crippen LogP contribution in [-0.2, 0) is 13.6 Å². The summed E-state index contributed by atoms with van der Waals surface area (Å²) in [6.07, 6.45) is 3.84. The van der Waals surface area contributed by atoms with Crippen LogP contribution in [0.4, 0.5) is 0 Å². The second-order valence-corrected chi connectivity index (χ2v) is 5.49. The maximum Gasteiger partial charge on any atom is 0.198 e. The first-order chi connectivity index (χ1) is 9.15. The van der Waals surface area contributed by atoms with Crippen molar-refractivity contribution in [3.63, 3.8) is 0 Å². The Balaban J connectivity index is 1.96. The summed E-state index contributed by atoms with van der Waals surface area (Å²) in [7, 11) is 1.89. The highest BCUT2D eigenvalue weighted by Crippen LogP contribution is 2.21. The number of ketones is 1. The Kier molecular flexibility index (Phi) is 3.03. The van der Waals surface area contributed by atoms with Crippen LogP contribution >= 0.6 is 15.9 Å². The van der Waals surface area contributed by atoms with Gasteiger partial charge in [-0.3, -0.25) is 4.79 Å². The molecule has 2 aromatic heterocycles. The van der Waals surface area contributed by atoms with E-state index in [1.165, 1.54) is 0 Å². The molecule has 0 aliphatic carbocycles. The fourth-order valence-electron chi connectivity index (χ4n) is 2.28. The normalized spacial score (nSPS) is 11.1. The fraction of sp³-hybridized carbons (Fsp3) is 0.133. The number of carbonyl (C=O) groups is 1. The summed E-state index contributed by atoms with van der Waals surface area (Å²) in [6.45, 7) is 0.359. The molecular formula is C15H13BrN2O. The van der Waals surface area contributed by atoms with Gasteiger partial charge in [-0.15, -0.1) is 0 Å². The van der Waals surface area contributed by atoms with E-state index < -0.39 is 0 Å². The lowest BCUT2D eigenvalue weighted by molar-refractivity contribution is 0.0965. The molecule has 3 aromatic rings. The minimum absolute atomic E-state index is 0.116. The van der Waals surface area contributed by atoms with Gasteiger partial charge in [-0.25, -0.2) is 0 Å². The maximum atomic E-state index is 12.3. The van der Waals surface area contributed by atoms with Crippen LogP contribution in [0.5, 0.6) is 0 Å². The Hall–Kier alpha value is -1.81. The Morgan fingerprint density at radius 2 is 2.05 bits per heavy atom. The van der Waals surface area contributed by atoms with Gasteiger partial charge < -0.3 is 9.13 Å². The summed E-state index contributed by atoms with van der Waals surface area (Å²) in [4.78, 5) is 12.3. The number of Topliss-reactive ketones (excluding diaryl/α,β-unsaturated/α-hetero) is 1. The number of benzene rings is 1. The smallest absolute Gasteiger partial charge is 0.198 e. The van der Waals surface area contributed by atoms with Gasteiger partial charge in [-0.05, 0) is 35.7 Å². The van der Waals surface area contributed by atoms with Gasteiger partial charge in [0.25, 0.3) is 0 Å². The first-order valence-electron chi connectivity index (χ1n) is 6.04. The zero-order chi connectivity index (χ0) is 13.4. The lowest BCUT2D eigenvalue weighted by Crippen LogP contribution is -2.12. The molecule has 0 unspecified atom stereocenters. The Labute approximate surface area is 119 Å². The van der Waals surface area contributed by atoms with Gasteiger partial charge >= 0.3 is 0 Å². The molecule has 4 heteroatoms. The first-order valence-corrected chi connectivity index (χ1v) is 6.83. The van der Waals surface area contributed by atoms with Crippen LogP contribution in [0.25, 0.3) is 10.9 Å². The number of halogens is 1. The topological polar surface area (TPSA) is 26.9 Å². The number of aromatic nitrogens is 2. The monoisotopic (exact) mass is 316 g/mol. The molecule has 0 fully saturated rings. The molecule has 0 atom stereocenters. The average Bonchev–Trinajstić information content (AvgIpc) is 2.96. The summed E-state index contributed by atoms with van der Waals surface area (Å²) in [5.41, 5.74) is 1.80. The summed E-state index contributed by atoms with van der Waals surface area (Å²) in [6, 6.07) is 11.9. The minimum Gasteiger partial charge on any atom is -0.348 e. The highest BCUT2D eigenvalue weighted by atomic mass is 79.9. The quantitative estimate of drug-likeness (QED) is 0.678. The van der Waals surface area contributed by atoms with Crippen molar-refractivity contribution in [3.8, 4) is 0 Å². The van der Waals surface area contributed by atoms with E-state index in [0.29, 0.717) is 6.54 Å². The summed E-state index contributed by atoms with van der Waals surface area (Å²) in [5.74, 6) is 0.116. The van der Waals surface area contributed by atoms with E-state index in [-0.39, 0.29) is 5.78 Å². The first kappa shape index (κ1) is 12.2. The number of rotatable bonds is 3. The number of hydrogen-bond donors (Lipinski definition) is 0. The van der Waals surface area contributed by atoms with E-state index in [0.717, 1.165) is 21.1 Å². The van der Waals surface area contributed by atoms with Crippen molar-refractivity contribution in [1.82, 2.24) is 9.13 Å². The number of fused-ring (bicyclic) bond motifs is 1. The predicted molar refractivity (Wildman–Crippen MR) is 79.4 cm³/mol. The highest BCUT2D eigenvalue weighted by molar-refractivity contribution is 9.10. The standard InChI is InChI=1S/C15H13BrN2O/c1-17-7-2-3-13(17)15(19)10-18-8-6-11-4-5-12(16)9-14(11)18/h2-9H,10H2,1H3. The van der Waals surface area contributed by atoms with E-state index in [1.807, 2.05) is 65.0 Å². The van der Waals surface area contributed by atoms with E-state index >= 15 is 0 Å². The van der Waals surface area contributed by atoms with Crippen LogP contribution in [-0.4, -0.2) is 14.9 Å². The minimum atomic E-state index is 0.116. The summed E-state index contributed by atoms with van der Waals surface area (Å²) in [5, 5.41) is 1.14. The molecule has 0 bridgehead atoms. The van der Waals surface area contributed by atoms with Crippen molar-refractivity contribution in [3.05, 3.63) is 59.0 Å². The van der Waals surface area contributed by atoms with Gasteiger partial charge in [0.15, 0.2) is 5.78 Å². The molecule has 3 nitrogen and oxygen atoms in total. The molecule has 0 saturated heterocycles. The van der Waals surface area contributed by atoms with Gasteiger partial charge in [-0.2, -0.15) is 0 Å². The van der Waals surface area contributed by atoms with Crippen molar-refractivity contribution in [2.75, 3.05) is 0 Å². The molecule has 0 N–H and O–H groups in total. The molecule has 0 amide bonds. The van der Waals surface area contributed by atoms with Crippen LogP contribution in [0, 0.1) is 0 Å². The average molecular weight is 317 g/mol. The number of aryl methyl sites for hydroxylation is 1. The Morgan fingerprint density at radius 1 is 1.21 bits per heavy atom. The third kappa shape index (κ3) is 2.24. The lowest BCUT2D eigenvalue weighted by Gasteiger charge is -2.06. The number of carbonyl (C=O) groups excluding carboxylic acids is 1. The van der Waals surface area contributed by atoms with Gasteiger partial charge in [0.1, 0.15) is 0 Å². The Morgan fingerprint density at radius 3 is 2.79 bits per heavy atom. The van der Waals surface area contributed by atoms with Crippen molar-refractivity contribution in [2.45, 2.75) is 6.54 Å². The molecule has 96 valence electrons.